The lowest BCUT2D eigenvalue weighted by Gasteiger charge is -2.10. The quantitative estimate of drug-likeness (QED) is 0.893. The van der Waals surface area contributed by atoms with E-state index >= 15 is 0 Å². The zero-order valence-electron chi connectivity index (χ0n) is 10.1. The van der Waals surface area contributed by atoms with Gasteiger partial charge in [0.1, 0.15) is 5.82 Å². The van der Waals surface area contributed by atoms with Crippen LogP contribution in [0.15, 0.2) is 34.9 Å². The summed E-state index contributed by atoms with van der Waals surface area (Å²) in [5, 5.41) is 2.97. The summed E-state index contributed by atoms with van der Waals surface area (Å²) in [6, 6.07) is 4.91. The topological polar surface area (TPSA) is 63.8 Å². The second kappa shape index (κ2) is 5.66. The first-order valence-electron chi connectivity index (χ1n) is 5.54. The van der Waals surface area contributed by atoms with Crippen LogP contribution in [0.25, 0.3) is 0 Å². The molecule has 1 heterocycles. The van der Waals surface area contributed by atoms with E-state index in [0.717, 1.165) is 12.1 Å². The Morgan fingerprint density at radius 1 is 1.20 bits per heavy atom. The number of halogens is 4. The van der Waals surface area contributed by atoms with Crippen LogP contribution in [0, 0.1) is 0 Å². The molecule has 0 spiro atoms. The minimum atomic E-state index is -4.32. The van der Waals surface area contributed by atoms with Crippen molar-refractivity contribution < 1.29 is 13.2 Å². The van der Waals surface area contributed by atoms with Crippen molar-refractivity contribution in [2.75, 3.05) is 11.1 Å². The smallest absolute Gasteiger partial charge is 0.368 e. The van der Waals surface area contributed by atoms with Crippen LogP contribution in [0.1, 0.15) is 11.1 Å². The minimum Gasteiger partial charge on any atom is -0.368 e. The number of alkyl halides is 3. The van der Waals surface area contributed by atoms with Gasteiger partial charge in [0.2, 0.25) is 5.95 Å². The molecule has 106 valence electrons. The highest BCUT2D eigenvalue weighted by Crippen LogP contribution is 2.29. The first kappa shape index (κ1) is 14.6. The molecular formula is C12H10BrF3N4. The van der Waals surface area contributed by atoms with Crippen LogP contribution in [-0.2, 0) is 12.7 Å². The normalized spacial score (nSPS) is 11.4. The van der Waals surface area contributed by atoms with E-state index in [4.69, 9.17) is 5.73 Å². The highest BCUT2D eigenvalue weighted by Gasteiger charge is 2.29. The van der Waals surface area contributed by atoms with Gasteiger partial charge in [-0.25, -0.2) is 4.98 Å². The maximum atomic E-state index is 12.4. The predicted octanol–water partition coefficient (Wildman–Crippen LogP) is 3.45. The molecule has 0 atom stereocenters. The van der Waals surface area contributed by atoms with Crippen LogP contribution in [0.2, 0.25) is 0 Å². The highest BCUT2D eigenvalue weighted by molar-refractivity contribution is 9.10. The van der Waals surface area contributed by atoms with Gasteiger partial charge in [0.25, 0.3) is 0 Å². The maximum absolute atomic E-state index is 12.4. The van der Waals surface area contributed by atoms with Crippen molar-refractivity contribution in [1.82, 2.24) is 9.97 Å². The van der Waals surface area contributed by atoms with Gasteiger partial charge in [0.15, 0.2) is 0 Å². The number of rotatable bonds is 3. The van der Waals surface area contributed by atoms with Gasteiger partial charge in [0, 0.05) is 12.7 Å². The third kappa shape index (κ3) is 3.60. The first-order chi connectivity index (χ1) is 9.36. The molecule has 0 aliphatic heterocycles. The van der Waals surface area contributed by atoms with E-state index in [-0.39, 0.29) is 5.95 Å². The Morgan fingerprint density at radius 2 is 1.85 bits per heavy atom. The zero-order valence-corrected chi connectivity index (χ0v) is 11.7. The van der Waals surface area contributed by atoms with Crippen molar-refractivity contribution in [1.29, 1.82) is 0 Å². The Kier molecular flexibility index (Phi) is 4.12. The summed E-state index contributed by atoms with van der Waals surface area (Å²) < 4.78 is 37.9. The van der Waals surface area contributed by atoms with Gasteiger partial charge in [-0.1, -0.05) is 12.1 Å². The Hall–Kier alpha value is -1.83. The molecule has 0 saturated carbocycles. The number of nitrogens with two attached hydrogens (primary N) is 1. The fraction of sp³-hybridized carbons (Fsp3) is 0.167. The Morgan fingerprint density at radius 3 is 2.45 bits per heavy atom. The van der Waals surface area contributed by atoms with Crippen molar-refractivity contribution in [3.8, 4) is 0 Å². The fourth-order valence-corrected chi connectivity index (χ4v) is 1.83. The van der Waals surface area contributed by atoms with Crippen LogP contribution in [0.3, 0.4) is 0 Å². The second-order valence-corrected chi connectivity index (χ2v) is 4.83. The lowest BCUT2D eigenvalue weighted by molar-refractivity contribution is -0.137. The molecule has 2 rings (SSSR count). The SMILES string of the molecule is Nc1ncc(Br)c(NCc2ccc(C(F)(F)F)cc2)n1. The van der Waals surface area contributed by atoms with Gasteiger partial charge in [-0.05, 0) is 33.6 Å². The standard InChI is InChI=1S/C12H10BrF3N4/c13-9-6-19-11(17)20-10(9)18-5-7-1-3-8(4-2-7)12(14,15)16/h1-4,6H,5H2,(H3,17,18,19,20). The van der Waals surface area contributed by atoms with E-state index in [2.05, 4.69) is 31.2 Å². The largest absolute Gasteiger partial charge is 0.416 e. The molecule has 0 amide bonds. The lowest BCUT2D eigenvalue weighted by atomic mass is 10.1. The molecule has 1 aromatic carbocycles. The molecule has 8 heteroatoms. The van der Waals surface area contributed by atoms with Gasteiger partial charge in [-0.15, -0.1) is 0 Å². The number of aromatic nitrogens is 2. The van der Waals surface area contributed by atoms with Crippen molar-refractivity contribution in [2.24, 2.45) is 0 Å². The first-order valence-corrected chi connectivity index (χ1v) is 6.33. The molecule has 2 aromatic rings. The molecule has 0 aliphatic carbocycles. The molecule has 0 fully saturated rings. The molecule has 0 radical (unpaired) electrons. The molecule has 0 unspecified atom stereocenters. The van der Waals surface area contributed by atoms with Crippen molar-refractivity contribution in [3.63, 3.8) is 0 Å². The summed E-state index contributed by atoms with van der Waals surface area (Å²) >= 11 is 3.25. The van der Waals surface area contributed by atoms with E-state index in [1.165, 1.54) is 18.3 Å². The minimum absolute atomic E-state index is 0.114. The Balaban J connectivity index is 2.06. The Bertz CT molecular complexity index is 599. The molecular weight excluding hydrogens is 337 g/mol. The second-order valence-electron chi connectivity index (χ2n) is 3.97. The van der Waals surface area contributed by atoms with Gasteiger partial charge in [-0.3, -0.25) is 0 Å². The van der Waals surface area contributed by atoms with Crippen molar-refractivity contribution in [3.05, 3.63) is 46.1 Å². The number of benzene rings is 1. The summed E-state index contributed by atoms with van der Waals surface area (Å²) in [5.41, 5.74) is 5.48. The number of anilines is 2. The monoisotopic (exact) mass is 346 g/mol. The van der Waals surface area contributed by atoms with Gasteiger partial charge < -0.3 is 11.1 Å². The number of hydrogen-bond donors (Lipinski definition) is 2. The van der Waals surface area contributed by atoms with Crippen LogP contribution < -0.4 is 11.1 Å². The van der Waals surface area contributed by atoms with Crippen LogP contribution >= 0.6 is 15.9 Å². The summed E-state index contributed by atoms with van der Waals surface area (Å²) in [5.74, 6) is 0.598. The van der Waals surface area contributed by atoms with E-state index in [9.17, 15) is 13.2 Å². The van der Waals surface area contributed by atoms with E-state index < -0.39 is 11.7 Å². The Labute approximate surface area is 121 Å². The van der Waals surface area contributed by atoms with E-state index in [1.54, 1.807) is 0 Å². The van der Waals surface area contributed by atoms with Gasteiger partial charge >= 0.3 is 6.18 Å². The number of nitrogens with one attached hydrogen (secondary N) is 1. The molecule has 0 bridgehead atoms. The van der Waals surface area contributed by atoms with Gasteiger partial charge in [-0.2, -0.15) is 18.2 Å². The van der Waals surface area contributed by atoms with Crippen LogP contribution in [0.4, 0.5) is 24.9 Å². The number of nitrogens with zero attached hydrogens (tertiary/aromatic N) is 2. The van der Waals surface area contributed by atoms with Crippen molar-refractivity contribution in [2.45, 2.75) is 12.7 Å². The summed E-state index contributed by atoms with van der Waals surface area (Å²) in [7, 11) is 0. The summed E-state index contributed by atoms with van der Waals surface area (Å²) in [4.78, 5) is 7.76. The zero-order chi connectivity index (χ0) is 14.8. The van der Waals surface area contributed by atoms with Gasteiger partial charge in [0.05, 0.1) is 10.0 Å². The van der Waals surface area contributed by atoms with Crippen molar-refractivity contribution >= 4 is 27.7 Å². The molecule has 0 aliphatic rings. The average molecular weight is 347 g/mol. The lowest BCUT2D eigenvalue weighted by Crippen LogP contribution is -2.07. The van der Waals surface area contributed by atoms with Crippen LogP contribution in [-0.4, -0.2) is 9.97 Å². The molecule has 0 saturated heterocycles. The molecule has 4 nitrogen and oxygen atoms in total. The fourth-order valence-electron chi connectivity index (χ4n) is 1.50. The molecule has 1 aromatic heterocycles. The molecule has 3 N–H and O–H groups in total. The molecule has 20 heavy (non-hydrogen) atoms. The summed E-state index contributed by atoms with van der Waals surface area (Å²) in [6.45, 7) is 0.327. The maximum Gasteiger partial charge on any atom is 0.416 e. The van der Waals surface area contributed by atoms with E-state index in [1.807, 2.05) is 0 Å². The predicted molar refractivity (Wildman–Crippen MR) is 72.9 cm³/mol. The third-order valence-electron chi connectivity index (χ3n) is 2.50. The number of nitrogen functional groups attached to an aromatic ring is 1. The average Bonchev–Trinajstić information content (AvgIpc) is 2.39. The third-order valence-corrected chi connectivity index (χ3v) is 3.08. The number of hydrogen-bond acceptors (Lipinski definition) is 4. The summed E-state index contributed by atoms with van der Waals surface area (Å²) in [6.07, 6.45) is -2.83. The van der Waals surface area contributed by atoms with E-state index in [0.29, 0.717) is 22.4 Å². The highest BCUT2D eigenvalue weighted by atomic mass is 79.9. The van der Waals surface area contributed by atoms with Crippen LogP contribution in [0.5, 0.6) is 0 Å².